The van der Waals surface area contributed by atoms with E-state index in [4.69, 9.17) is 4.74 Å². The Morgan fingerprint density at radius 1 is 1.00 bits per heavy atom. The monoisotopic (exact) mass is 296 g/mol. The molecule has 0 spiro atoms. The van der Waals surface area contributed by atoms with Crippen molar-refractivity contribution in [1.29, 1.82) is 0 Å². The van der Waals surface area contributed by atoms with E-state index >= 15 is 0 Å². The summed E-state index contributed by atoms with van der Waals surface area (Å²) in [5.41, 5.74) is 2.55. The molecule has 1 aliphatic heterocycles. The highest BCUT2D eigenvalue weighted by molar-refractivity contribution is 5.28. The maximum atomic E-state index is 5.81. The summed E-state index contributed by atoms with van der Waals surface area (Å²) in [6.45, 7) is 3.91. The Balaban J connectivity index is 1.41. The highest BCUT2D eigenvalue weighted by Crippen LogP contribution is 2.14. The second-order valence-corrected chi connectivity index (χ2v) is 5.81. The van der Waals surface area contributed by atoms with Crippen LogP contribution in [0.4, 0.5) is 0 Å². The quantitative estimate of drug-likeness (QED) is 0.824. The topological polar surface area (TPSA) is 33.3 Å². The third kappa shape index (κ3) is 4.58. The van der Waals surface area contributed by atoms with E-state index in [2.05, 4.69) is 47.0 Å². The van der Waals surface area contributed by atoms with Crippen LogP contribution in [0.2, 0.25) is 0 Å². The first-order chi connectivity index (χ1) is 10.9. The molecule has 0 bridgehead atoms. The summed E-state index contributed by atoms with van der Waals surface area (Å²) in [4.78, 5) is 0. The lowest BCUT2D eigenvalue weighted by Gasteiger charge is -2.11. The Hall–Kier alpha value is -1.84. The van der Waals surface area contributed by atoms with Gasteiger partial charge in [-0.1, -0.05) is 42.5 Å². The molecule has 1 fully saturated rings. The van der Waals surface area contributed by atoms with Crippen molar-refractivity contribution in [3.8, 4) is 5.75 Å². The molecule has 1 aliphatic rings. The number of rotatable bonds is 7. The predicted molar refractivity (Wildman–Crippen MR) is 90.2 cm³/mol. The Bertz CT molecular complexity index is 547. The molecule has 3 heteroatoms. The Labute approximate surface area is 132 Å². The van der Waals surface area contributed by atoms with Gasteiger partial charge in [0.25, 0.3) is 0 Å². The van der Waals surface area contributed by atoms with Gasteiger partial charge in [-0.05, 0) is 49.2 Å². The van der Waals surface area contributed by atoms with Gasteiger partial charge in [0.2, 0.25) is 0 Å². The van der Waals surface area contributed by atoms with Crippen LogP contribution in [-0.4, -0.2) is 25.7 Å². The highest BCUT2D eigenvalue weighted by atomic mass is 16.5. The first-order valence-corrected chi connectivity index (χ1v) is 8.10. The first kappa shape index (κ1) is 15.1. The SMILES string of the molecule is c1ccc(COc2ccc(CCNC3CCNC3)cc2)cc1. The van der Waals surface area contributed by atoms with Gasteiger partial charge < -0.3 is 15.4 Å². The zero-order chi connectivity index (χ0) is 15.0. The van der Waals surface area contributed by atoms with Gasteiger partial charge >= 0.3 is 0 Å². The molecule has 116 valence electrons. The van der Waals surface area contributed by atoms with Crippen LogP contribution in [0, 0.1) is 0 Å². The molecule has 3 rings (SSSR count). The number of hydrogen-bond donors (Lipinski definition) is 2. The van der Waals surface area contributed by atoms with Crippen LogP contribution in [0.1, 0.15) is 17.5 Å². The fraction of sp³-hybridized carbons (Fsp3) is 0.368. The Morgan fingerprint density at radius 2 is 1.82 bits per heavy atom. The minimum absolute atomic E-state index is 0.621. The molecular formula is C19H24N2O. The van der Waals surface area contributed by atoms with E-state index < -0.39 is 0 Å². The number of benzene rings is 2. The Kier molecular flexibility index (Phi) is 5.46. The predicted octanol–water partition coefficient (Wildman–Crippen LogP) is 2.76. The lowest BCUT2D eigenvalue weighted by Crippen LogP contribution is -2.32. The molecule has 0 aliphatic carbocycles. The zero-order valence-electron chi connectivity index (χ0n) is 12.9. The summed E-state index contributed by atoms with van der Waals surface area (Å²) in [7, 11) is 0. The smallest absolute Gasteiger partial charge is 0.119 e. The van der Waals surface area contributed by atoms with Gasteiger partial charge in [-0.2, -0.15) is 0 Å². The number of hydrogen-bond acceptors (Lipinski definition) is 3. The van der Waals surface area contributed by atoms with Gasteiger partial charge in [0.1, 0.15) is 12.4 Å². The van der Waals surface area contributed by atoms with Crippen molar-refractivity contribution in [2.45, 2.75) is 25.5 Å². The van der Waals surface area contributed by atoms with Crippen molar-refractivity contribution in [2.75, 3.05) is 19.6 Å². The summed E-state index contributed by atoms with van der Waals surface area (Å²) < 4.78 is 5.81. The lowest BCUT2D eigenvalue weighted by molar-refractivity contribution is 0.306. The van der Waals surface area contributed by atoms with Crippen LogP contribution >= 0.6 is 0 Å². The van der Waals surface area contributed by atoms with E-state index in [0.29, 0.717) is 12.6 Å². The Morgan fingerprint density at radius 3 is 2.55 bits per heavy atom. The largest absolute Gasteiger partial charge is 0.489 e. The summed E-state index contributed by atoms with van der Waals surface area (Å²) in [6, 6.07) is 19.4. The molecule has 2 aromatic rings. The van der Waals surface area contributed by atoms with Crippen molar-refractivity contribution in [3.63, 3.8) is 0 Å². The first-order valence-electron chi connectivity index (χ1n) is 8.10. The van der Waals surface area contributed by atoms with Crippen LogP contribution in [0.25, 0.3) is 0 Å². The van der Waals surface area contributed by atoms with Gasteiger partial charge in [0.15, 0.2) is 0 Å². The van der Waals surface area contributed by atoms with E-state index in [1.165, 1.54) is 17.5 Å². The van der Waals surface area contributed by atoms with Crippen LogP contribution in [0.5, 0.6) is 5.75 Å². The summed E-state index contributed by atoms with van der Waals surface area (Å²) in [5.74, 6) is 0.931. The maximum Gasteiger partial charge on any atom is 0.119 e. The average Bonchev–Trinajstić information content (AvgIpc) is 3.08. The van der Waals surface area contributed by atoms with Crippen molar-refractivity contribution in [2.24, 2.45) is 0 Å². The number of ether oxygens (including phenoxy) is 1. The third-order valence-electron chi connectivity index (χ3n) is 4.08. The molecule has 2 N–H and O–H groups in total. The van der Waals surface area contributed by atoms with Crippen molar-refractivity contribution in [3.05, 3.63) is 65.7 Å². The molecule has 1 atom stereocenters. The van der Waals surface area contributed by atoms with E-state index in [0.717, 1.165) is 31.8 Å². The fourth-order valence-electron chi connectivity index (χ4n) is 2.74. The van der Waals surface area contributed by atoms with Crippen molar-refractivity contribution < 1.29 is 4.74 Å². The van der Waals surface area contributed by atoms with Gasteiger partial charge in [-0.25, -0.2) is 0 Å². The van der Waals surface area contributed by atoms with Gasteiger partial charge in [0.05, 0.1) is 0 Å². The van der Waals surface area contributed by atoms with E-state index in [1.54, 1.807) is 0 Å². The summed E-state index contributed by atoms with van der Waals surface area (Å²) in [5, 5.41) is 6.97. The standard InChI is InChI=1S/C19H24N2O/c1-2-4-17(5-3-1)15-22-19-8-6-16(7-9-19)10-13-21-18-11-12-20-14-18/h1-9,18,20-21H,10-15H2. The highest BCUT2D eigenvalue weighted by Gasteiger charge is 2.12. The van der Waals surface area contributed by atoms with Gasteiger partial charge in [-0.15, -0.1) is 0 Å². The van der Waals surface area contributed by atoms with Crippen LogP contribution < -0.4 is 15.4 Å². The normalized spacial score (nSPS) is 17.5. The lowest BCUT2D eigenvalue weighted by atomic mass is 10.1. The van der Waals surface area contributed by atoms with Crippen molar-refractivity contribution in [1.82, 2.24) is 10.6 Å². The maximum absolute atomic E-state index is 5.81. The molecule has 0 radical (unpaired) electrons. The van der Waals surface area contributed by atoms with Crippen LogP contribution in [-0.2, 0) is 13.0 Å². The fourth-order valence-corrected chi connectivity index (χ4v) is 2.74. The zero-order valence-corrected chi connectivity index (χ0v) is 12.9. The molecule has 1 heterocycles. The average molecular weight is 296 g/mol. The summed E-state index contributed by atoms with van der Waals surface area (Å²) >= 11 is 0. The molecule has 0 amide bonds. The molecule has 0 aromatic heterocycles. The summed E-state index contributed by atoms with van der Waals surface area (Å²) in [6.07, 6.45) is 2.31. The minimum atomic E-state index is 0.621. The second-order valence-electron chi connectivity index (χ2n) is 5.81. The van der Waals surface area contributed by atoms with E-state index in [1.807, 2.05) is 18.2 Å². The molecule has 1 saturated heterocycles. The second kappa shape index (κ2) is 7.97. The van der Waals surface area contributed by atoms with E-state index in [-0.39, 0.29) is 0 Å². The van der Waals surface area contributed by atoms with Gasteiger partial charge in [-0.3, -0.25) is 0 Å². The van der Waals surface area contributed by atoms with E-state index in [9.17, 15) is 0 Å². The molecule has 22 heavy (non-hydrogen) atoms. The van der Waals surface area contributed by atoms with Crippen LogP contribution in [0.3, 0.4) is 0 Å². The third-order valence-corrected chi connectivity index (χ3v) is 4.08. The number of nitrogens with one attached hydrogen (secondary N) is 2. The van der Waals surface area contributed by atoms with Crippen LogP contribution in [0.15, 0.2) is 54.6 Å². The minimum Gasteiger partial charge on any atom is -0.489 e. The molecule has 3 nitrogen and oxygen atoms in total. The van der Waals surface area contributed by atoms with Gasteiger partial charge in [0, 0.05) is 12.6 Å². The molecular weight excluding hydrogens is 272 g/mol. The molecule has 1 unspecified atom stereocenters. The van der Waals surface area contributed by atoms with Crippen molar-refractivity contribution >= 4 is 0 Å². The molecule has 2 aromatic carbocycles. The molecule has 0 saturated carbocycles.